The third kappa shape index (κ3) is 6.32. The minimum atomic E-state index is -1.59. The Morgan fingerprint density at radius 3 is 2.51 bits per heavy atom. The summed E-state index contributed by atoms with van der Waals surface area (Å²) in [6.45, 7) is 4.69. The molecule has 1 saturated heterocycles. The van der Waals surface area contributed by atoms with Gasteiger partial charge in [-0.05, 0) is 69.3 Å². The van der Waals surface area contributed by atoms with Gasteiger partial charge in [0.1, 0.15) is 22.9 Å². The van der Waals surface area contributed by atoms with Crippen molar-refractivity contribution in [3.8, 4) is 17.0 Å². The highest BCUT2D eigenvalue weighted by Gasteiger charge is 2.44. The van der Waals surface area contributed by atoms with E-state index in [4.69, 9.17) is 26.7 Å². The lowest BCUT2D eigenvalue weighted by Gasteiger charge is -2.31. The third-order valence-corrected chi connectivity index (χ3v) is 6.94. The SMILES string of the molecule is COc1cc(C(=O)NCC2(c3cc(C(C)(C)O)c(F)c(-c4ccc(F)cc4)n3)CC(N)CO2)cc(/C=C(/C)N)c1N. The van der Waals surface area contributed by atoms with Gasteiger partial charge in [0.2, 0.25) is 0 Å². The van der Waals surface area contributed by atoms with E-state index in [0.717, 1.165) is 0 Å². The molecule has 3 aromatic rings. The predicted octanol–water partition coefficient (Wildman–Crippen LogP) is 3.54. The second-order valence-electron chi connectivity index (χ2n) is 10.8. The predicted molar refractivity (Wildman–Crippen MR) is 153 cm³/mol. The molecule has 4 rings (SSSR count). The van der Waals surface area contributed by atoms with Crippen LogP contribution in [0.4, 0.5) is 14.5 Å². The number of allylic oxidation sites excluding steroid dienone is 1. The Bertz CT molecular complexity index is 1480. The number of carbonyl (C=O) groups excluding carboxylic acids is 1. The van der Waals surface area contributed by atoms with Gasteiger partial charge in [-0.25, -0.2) is 13.8 Å². The molecule has 1 amide bonds. The lowest BCUT2D eigenvalue weighted by Crippen LogP contribution is -2.42. The Morgan fingerprint density at radius 2 is 1.95 bits per heavy atom. The van der Waals surface area contributed by atoms with Crippen LogP contribution in [-0.2, 0) is 15.9 Å². The van der Waals surface area contributed by atoms with Crippen molar-refractivity contribution in [3.63, 3.8) is 0 Å². The first-order valence-electron chi connectivity index (χ1n) is 13.0. The maximum absolute atomic E-state index is 15.7. The number of nitrogens with one attached hydrogen (secondary N) is 1. The Balaban J connectivity index is 1.76. The van der Waals surface area contributed by atoms with Crippen LogP contribution in [0.3, 0.4) is 0 Å². The molecular formula is C30H35F2N5O4. The van der Waals surface area contributed by atoms with Crippen LogP contribution in [0.5, 0.6) is 5.75 Å². The molecule has 1 aliphatic heterocycles. The largest absolute Gasteiger partial charge is 0.495 e. The van der Waals surface area contributed by atoms with E-state index >= 15 is 4.39 Å². The number of ether oxygens (including phenoxy) is 2. The van der Waals surface area contributed by atoms with Gasteiger partial charge in [-0.15, -0.1) is 0 Å². The highest BCUT2D eigenvalue weighted by molar-refractivity contribution is 5.96. The first-order chi connectivity index (χ1) is 19.2. The van der Waals surface area contributed by atoms with Crippen molar-refractivity contribution >= 4 is 17.7 Å². The number of nitrogens with two attached hydrogens (primary N) is 3. The van der Waals surface area contributed by atoms with E-state index < -0.39 is 28.7 Å². The van der Waals surface area contributed by atoms with Crippen LogP contribution in [0.15, 0.2) is 48.2 Å². The summed E-state index contributed by atoms with van der Waals surface area (Å²) in [5.74, 6) is -1.39. The van der Waals surface area contributed by atoms with Crippen molar-refractivity contribution < 1.29 is 28.2 Å². The Hall–Kier alpha value is -4.06. The highest BCUT2D eigenvalue weighted by atomic mass is 19.1. The van der Waals surface area contributed by atoms with Crippen molar-refractivity contribution in [2.45, 2.75) is 44.4 Å². The van der Waals surface area contributed by atoms with Gasteiger partial charge in [-0.1, -0.05) is 0 Å². The number of benzene rings is 2. The van der Waals surface area contributed by atoms with Gasteiger partial charge in [0.05, 0.1) is 37.2 Å². The van der Waals surface area contributed by atoms with E-state index in [1.807, 2.05) is 0 Å². The number of aromatic nitrogens is 1. The minimum absolute atomic E-state index is 0.0338. The Labute approximate surface area is 237 Å². The number of methoxy groups -OCH3 is 1. The van der Waals surface area contributed by atoms with Gasteiger partial charge in [0.25, 0.3) is 5.91 Å². The fraction of sp³-hybridized carbons (Fsp3) is 0.333. The number of amides is 1. The summed E-state index contributed by atoms with van der Waals surface area (Å²) in [5, 5.41) is 13.7. The van der Waals surface area contributed by atoms with Crippen molar-refractivity contribution in [1.29, 1.82) is 0 Å². The molecule has 0 radical (unpaired) electrons. The van der Waals surface area contributed by atoms with E-state index in [9.17, 15) is 14.3 Å². The summed E-state index contributed by atoms with van der Waals surface area (Å²) in [5.41, 5.74) is 17.4. The molecule has 2 atom stereocenters. The van der Waals surface area contributed by atoms with Gasteiger partial charge >= 0.3 is 0 Å². The maximum atomic E-state index is 15.7. The topological polar surface area (TPSA) is 159 Å². The van der Waals surface area contributed by atoms with Crippen molar-refractivity contribution in [3.05, 3.63) is 82.2 Å². The van der Waals surface area contributed by atoms with Crippen LogP contribution in [0.25, 0.3) is 17.3 Å². The molecule has 0 bridgehead atoms. The average Bonchev–Trinajstić information content (AvgIpc) is 3.29. The smallest absolute Gasteiger partial charge is 0.251 e. The zero-order valence-electron chi connectivity index (χ0n) is 23.4. The second-order valence-corrected chi connectivity index (χ2v) is 10.8. The molecule has 0 spiro atoms. The summed E-state index contributed by atoms with van der Waals surface area (Å²) >= 11 is 0. The van der Waals surface area contributed by atoms with E-state index in [1.54, 1.807) is 19.1 Å². The van der Waals surface area contributed by atoms with Crippen LogP contribution in [-0.4, -0.2) is 42.3 Å². The molecule has 8 N–H and O–H groups in total. The molecule has 9 nitrogen and oxygen atoms in total. The Kier molecular flexibility index (Phi) is 8.34. The van der Waals surface area contributed by atoms with Gasteiger partial charge in [-0.3, -0.25) is 4.79 Å². The first-order valence-corrected chi connectivity index (χ1v) is 13.0. The van der Waals surface area contributed by atoms with Gasteiger partial charge in [0.15, 0.2) is 5.82 Å². The maximum Gasteiger partial charge on any atom is 0.251 e. The summed E-state index contributed by atoms with van der Waals surface area (Å²) in [6, 6.07) is 9.33. The zero-order chi connectivity index (χ0) is 30.1. The van der Waals surface area contributed by atoms with Crippen LogP contribution in [0.2, 0.25) is 0 Å². The highest BCUT2D eigenvalue weighted by Crippen LogP contribution is 2.39. The van der Waals surface area contributed by atoms with Crippen molar-refractivity contribution in [2.24, 2.45) is 11.5 Å². The van der Waals surface area contributed by atoms with Crippen LogP contribution >= 0.6 is 0 Å². The van der Waals surface area contributed by atoms with Gasteiger partial charge < -0.3 is 37.1 Å². The molecule has 1 aromatic heterocycles. The van der Waals surface area contributed by atoms with Gasteiger partial charge in [-0.2, -0.15) is 0 Å². The molecule has 11 heteroatoms. The lowest BCUT2D eigenvalue weighted by atomic mass is 9.88. The summed E-state index contributed by atoms with van der Waals surface area (Å²) < 4.78 is 40.8. The fourth-order valence-electron chi connectivity index (χ4n) is 4.85. The molecule has 2 unspecified atom stereocenters. The molecule has 218 valence electrons. The second kappa shape index (κ2) is 11.4. The number of hydrogen-bond acceptors (Lipinski definition) is 8. The van der Waals surface area contributed by atoms with Crippen molar-refractivity contribution in [2.75, 3.05) is 26.0 Å². The number of rotatable bonds is 8. The van der Waals surface area contributed by atoms with E-state index in [-0.39, 0.29) is 48.1 Å². The van der Waals surface area contributed by atoms with Crippen molar-refractivity contribution in [1.82, 2.24) is 10.3 Å². The standard InChI is InChI=1S/C30H35F2N5O4/c1-16(33)9-18-10-19(11-23(40-4)26(18)35)28(38)36-15-30(13-21(34)14-41-30)24-12-22(29(2,3)39)25(32)27(37-24)17-5-7-20(31)8-6-17/h5-12,21,39H,13-15,33-35H2,1-4H3,(H,36,38)/b16-9-. The number of hydrogen-bond donors (Lipinski definition) is 5. The first kappa shape index (κ1) is 29.9. The average molecular weight is 568 g/mol. The molecule has 1 aliphatic rings. The third-order valence-electron chi connectivity index (χ3n) is 6.94. The molecule has 2 heterocycles. The molecule has 0 saturated carbocycles. The Morgan fingerprint density at radius 1 is 1.27 bits per heavy atom. The number of nitrogens with zero attached hydrogens (tertiary/aromatic N) is 1. The normalized spacial score (nSPS) is 19.3. The summed E-state index contributed by atoms with van der Waals surface area (Å²) in [4.78, 5) is 17.9. The molecule has 1 fully saturated rings. The fourth-order valence-corrected chi connectivity index (χ4v) is 4.85. The number of pyridine rings is 1. The van der Waals surface area contributed by atoms with Crippen LogP contribution in [0.1, 0.15) is 54.4 Å². The van der Waals surface area contributed by atoms with E-state index in [2.05, 4.69) is 10.3 Å². The van der Waals surface area contributed by atoms with E-state index in [0.29, 0.717) is 28.3 Å². The monoisotopic (exact) mass is 567 g/mol. The number of anilines is 1. The quantitative estimate of drug-likeness (QED) is 0.259. The molecule has 2 aromatic carbocycles. The summed E-state index contributed by atoms with van der Waals surface area (Å²) in [6.07, 6.45) is 1.89. The number of nitrogen functional groups attached to an aromatic ring is 1. The summed E-state index contributed by atoms with van der Waals surface area (Å²) in [7, 11) is 1.44. The number of aliphatic hydroxyl groups is 1. The van der Waals surface area contributed by atoms with Crippen LogP contribution in [0, 0.1) is 11.6 Å². The number of halogens is 2. The molecular weight excluding hydrogens is 532 g/mol. The molecule has 0 aliphatic carbocycles. The minimum Gasteiger partial charge on any atom is -0.495 e. The van der Waals surface area contributed by atoms with E-state index in [1.165, 1.54) is 57.4 Å². The number of carbonyl (C=O) groups is 1. The van der Waals surface area contributed by atoms with Crippen LogP contribution < -0.4 is 27.3 Å². The lowest BCUT2D eigenvalue weighted by molar-refractivity contribution is -0.00292. The molecule has 41 heavy (non-hydrogen) atoms. The van der Waals surface area contributed by atoms with Gasteiger partial charge in [0, 0.05) is 40.4 Å². The zero-order valence-corrected chi connectivity index (χ0v) is 23.4.